The molecule has 0 spiro atoms. The average molecular weight is 227 g/mol. The predicted molar refractivity (Wildman–Crippen MR) is 61.1 cm³/mol. The van der Waals surface area contributed by atoms with Crippen LogP contribution in [0.2, 0.25) is 0 Å². The number of carbonyl (C=O) groups excluding carboxylic acids is 1. The molecule has 1 amide bonds. The first kappa shape index (κ1) is 13.0. The third-order valence-corrected chi connectivity index (χ3v) is 3.08. The number of likely N-dealkylation sites (tertiary alicyclic amines) is 1. The molecule has 1 rings (SSSR count). The summed E-state index contributed by atoms with van der Waals surface area (Å²) in [6, 6.07) is 0. The van der Waals surface area contributed by atoms with E-state index < -0.39 is 5.97 Å². The van der Waals surface area contributed by atoms with Gasteiger partial charge in [0.15, 0.2) is 0 Å². The topological polar surface area (TPSA) is 57.6 Å². The monoisotopic (exact) mass is 227 g/mol. The molecule has 0 aromatic heterocycles. The molecule has 1 saturated heterocycles. The first-order chi connectivity index (χ1) is 7.63. The molecule has 4 nitrogen and oxygen atoms in total. The van der Waals surface area contributed by atoms with Gasteiger partial charge in [-0.2, -0.15) is 0 Å². The molecule has 1 aliphatic heterocycles. The van der Waals surface area contributed by atoms with Crippen molar-refractivity contribution in [2.45, 2.75) is 45.4 Å². The van der Waals surface area contributed by atoms with Gasteiger partial charge in [0.25, 0.3) is 0 Å². The molecule has 0 aromatic rings. The van der Waals surface area contributed by atoms with E-state index in [2.05, 4.69) is 6.92 Å². The summed E-state index contributed by atoms with van der Waals surface area (Å²) < 4.78 is 0. The standard InChI is InChI=1S/C12H21NO3/c1-2-3-6-11(14)13-7-4-5-10(9-13)8-12(15)16/h10H,2-9H2,1H3,(H,15,16). The summed E-state index contributed by atoms with van der Waals surface area (Å²) in [5.74, 6) is -0.415. The number of carboxylic acid groups (broad SMARTS) is 1. The number of aliphatic carboxylic acids is 1. The van der Waals surface area contributed by atoms with Gasteiger partial charge in [0.05, 0.1) is 0 Å². The Morgan fingerprint density at radius 1 is 1.44 bits per heavy atom. The van der Waals surface area contributed by atoms with E-state index in [1.807, 2.05) is 4.90 Å². The Bertz CT molecular complexity index is 253. The van der Waals surface area contributed by atoms with E-state index in [0.717, 1.165) is 32.2 Å². The van der Waals surface area contributed by atoms with Crippen LogP contribution in [-0.2, 0) is 9.59 Å². The fourth-order valence-corrected chi connectivity index (χ4v) is 2.19. The molecule has 1 fully saturated rings. The smallest absolute Gasteiger partial charge is 0.303 e. The molecule has 4 heteroatoms. The lowest BCUT2D eigenvalue weighted by Crippen LogP contribution is -2.40. The van der Waals surface area contributed by atoms with Crippen LogP contribution in [0.3, 0.4) is 0 Å². The Morgan fingerprint density at radius 3 is 2.81 bits per heavy atom. The van der Waals surface area contributed by atoms with Crippen molar-refractivity contribution in [2.75, 3.05) is 13.1 Å². The van der Waals surface area contributed by atoms with Gasteiger partial charge in [-0.25, -0.2) is 0 Å². The third-order valence-electron chi connectivity index (χ3n) is 3.08. The molecule has 0 aliphatic carbocycles. The molecule has 0 radical (unpaired) electrons. The van der Waals surface area contributed by atoms with E-state index in [-0.39, 0.29) is 18.2 Å². The highest BCUT2D eigenvalue weighted by atomic mass is 16.4. The van der Waals surface area contributed by atoms with Gasteiger partial charge in [-0.1, -0.05) is 13.3 Å². The Hall–Kier alpha value is -1.06. The van der Waals surface area contributed by atoms with Crippen LogP contribution in [0.25, 0.3) is 0 Å². The van der Waals surface area contributed by atoms with Crippen LogP contribution >= 0.6 is 0 Å². The van der Waals surface area contributed by atoms with E-state index in [0.29, 0.717) is 13.0 Å². The maximum absolute atomic E-state index is 11.8. The average Bonchev–Trinajstić information content (AvgIpc) is 2.25. The predicted octanol–water partition coefficient (Wildman–Crippen LogP) is 1.89. The first-order valence-electron chi connectivity index (χ1n) is 6.13. The molecule has 1 aliphatic rings. The van der Waals surface area contributed by atoms with Gasteiger partial charge >= 0.3 is 5.97 Å². The second-order valence-corrected chi connectivity index (χ2v) is 4.55. The van der Waals surface area contributed by atoms with Gasteiger partial charge in [0.1, 0.15) is 0 Å². The van der Waals surface area contributed by atoms with E-state index in [9.17, 15) is 9.59 Å². The van der Waals surface area contributed by atoms with Crippen molar-refractivity contribution in [3.05, 3.63) is 0 Å². The Balaban J connectivity index is 2.37. The van der Waals surface area contributed by atoms with Gasteiger partial charge in [-0.05, 0) is 25.2 Å². The van der Waals surface area contributed by atoms with Gasteiger partial charge < -0.3 is 10.0 Å². The van der Waals surface area contributed by atoms with Crippen LogP contribution in [0.15, 0.2) is 0 Å². The molecule has 1 atom stereocenters. The number of amides is 1. The number of unbranched alkanes of at least 4 members (excludes halogenated alkanes) is 1. The second-order valence-electron chi connectivity index (χ2n) is 4.55. The minimum Gasteiger partial charge on any atom is -0.481 e. The molecule has 0 aromatic carbocycles. The van der Waals surface area contributed by atoms with E-state index in [1.54, 1.807) is 0 Å². The molecule has 0 bridgehead atoms. The molecule has 1 N–H and O–H groups in total. The number of carbonyl (C=O) groups is 2. The molecular weight excluding hydrogens is 206 g/mol. The van der Waals surface area contributed by atoms with Crippen molar-refractivity contribution >= 4 is 11.9 Å². The quantitative estimate of drug-likeness (QED) is 0.780. The van der Waals surface area contributed by atoms with Gasteiger partial charge in [0, 0.05) is 25.9 Å². The van der Waals surface area contributed by atoms with Gasteiger partial charge in [-0.3, -0.25) is 9.59 Å². The SMILES string of the molecule is CCCCC(=O)N1CCCC(CC(=O)O)C1. The van der Waals surface area contributed by atoms with Crippen LogP contribution in [-0.4, -0.2) is 35.0 Å². The summed E-state index contributed by atoms with van der Waals surface area (Å²) in [5.41, 5.74) is 0. The number of carboxylic acids is 1. The van der Waals surface area contributed by atoms with Crippen LogP contribution < -0.4 is 0 Å². The summed E-state index contributed by atoms with van der Waals surface area (Å²) in [5, 5.41) is 8.73. The highest BCUT2D eigenvalue weighted by molar-refractivity contribution is 5.76. The largest absolute Gasteiger partial charge is 0.481 e. The number of piperidine rings is 1. The molecule has 92 valence electrons. The lowest BCUT2D eigenvalue weighted by Gasteiger charge is -2.32. The van der Waals surface area contributed by atoms with Gasteiger partial charge in [-0.15, -0.1) is 0 Å². The maximum Gasteiger partial charge on any atom is 0.303 e. The Labute approximate surface area is 96.6 Å². The van der Waals surface area contributed by atoms with E-state index in [4.69, 9.17) is 5.11 Å². The lowest BCUT2D eigenvalue weighted by atomic mass is 9.94. The zero-order chi connectivity index (χ0) is 12.0. The Morgan fingerprint density at radius 2 is 2.19 bits per heavy atom. The van der Waals surface area contributed by atoms with Crippen LogP contribution in [0.4, 0.5) is 0 Å². The number of hydrogen-bond acceptors (Lipinski definition) is 2. The molecule has 16 heavy (non-hydrogen) atoms. The van der Waals surface area contributed by atoms with Crippen LogP contribution in [0.5, 0.6) is 0 Å². The summed E-state index contributed by atoms with van der Waals surface area (Å²) in [6.07, 6.45) is 4.63. The maximum atomic E-state index is 11.8. The Kier molecular flexibility index (Phi) is 5.29. The zero-order valence-corrected chi connectivity index (χ0v) is 9.95. The minimum atomic E-state index is -0.757. The van der Waals surface area contributed by atoms with E-state index in [1.165, 1.54) is 0 Å². The van der Waals surface area contributed by atoms with Crippen molar-refractivity contribution in [2.24, 2.45) is 5.92 Å². The molecule has 1 unspecified atom stereocenters. The summed E-state index contributed by atoms with van der Waals surface area (Å²) >= 11 is 0. The summed E-state index contributed by atoms with van der Waals surface area (Å²) in [4.78, 5) is 24.2. The van der Waals surface area contributed by atoms with Crippen molar-refractivity contribution in [3.63, 3.8) is 0 Å². The van der Waals surface area contributed by atoms with Crippen LogP contribution in [0.1, 0.15) is 45.4 Å². The summed E-state index contributed by atoms with van der Waals surface area (Å²) in [6.45, 7) is 3.50. The van der Waals surface area contributed by atoms with Crippen molar-refractivity contribution in [1.29, 1.82) is 0 Å². The normalized spacial score (nSPS) is 20.8. The molecule has 0 saturated carbocycles. The molecular formula is C12H21NO3. The highest BCUT2D eigenvalue weighted by Crippen LogP contribution is 2.20. The fourth-order valence-electron chi connectivity index (χ4n) is 2.19. The minimum absolute atomic E-state index is 0.150. The first-order valence-corrected chi connectivity index (χ1v) is 6.13. The fraction of sp³-hybridized carbons (Fsp3) is 0.833. The van der Waals surface area contributed by atoms with E-state index >= 15 is 0 Å². The number of hydrogen-bond donors (Lipinski definition) is 1. The van der Waals surface area contributed by atoms with Crippen molar-refractivity contribution in [1.82, 2.24) is 4.90 Å². The zero-order valence-electron chi connectivity index (χ0n) is 9.95. The lowest BCUT2D eigenvalue weighted by molar-refractivity contribution is -0.140. The second kappa shape index (κ2) is 6.51. The highest BCUT2D eigenvalue weighted by Gasteiger charge is 2.24. The van der Waals surface area contributed by atoms with Crippen molar-refractivity contribution in [3.8, 4) is 0 Å². The van der Waals surface area contributed by atoms with Gasteiger partial charge in [0.2, 0.25) is 5.91 Å². The number of rotatable bonds is 5. The van der Waals surface area contributed by atoms with Crippen LogP contribution in [0, 0.1) is 5.92 Å². The number of nitrogens with zero attached hydrogens (tertiary/aromatic N) is 1. The third kappa shape index (κ3) is 4.21. The summed E-state index contributed by atoms with van der Waals surface area (Å²) in [7, 11) is 0. The molecule has 1 heterocycles. The van der Waals surface area contributed by atoms with Crippen molar-refractivity contribution < 1.29 is 14.7 Å².